The van der Waals surface area contributed by atoms with Crippen LogP contribution in [0.15, 0.2) is 30.3 Å². The summed E-state index contributed by atoms with van der Waals surface area (Å²) in [7, 11) is 0. The number of aliphatic hydroxyl groups is 1. The zero-order valence-electron chi connectivity index (χ0n) is 12.8. The molecule has 0 spiro atoms. The fourth-order valence-corrected chi connectivity index (χ4v) is 2.88. The molecule has 0 unspecified atom stereocenters. The standard InChI is InChI=1S/C18H27NO2/c20-17-12-14-19(15-13-17)18(21)11-7-2-1-4-8-16-9-5-3-6-10-16/h3,5-6,9-10,17,20H,1-2,4,7-8,11-15H2. The van der Waals surface area contributed by atoms with Crippen molar-refractivity contribution in [3.05, 3.63) is 35.9 Å². The van der Waals surface area contributed by atoms with E-state index in [1.165, 1.54) is 18.4 Å². The van der Waals surface area contributed by atoms with E-state index in [-0.39, 0.29) is 12.0 Å². The Hall–Kier alpha value is -1.35. The lowest BCUT2D eigenvalue weighted by molar-refractivity contribution is -0.133. The van der Waals surface area contributed by atoms with E-state index in [0.717, 1.165) is 45.2 Å². The van der Waals surface area contributed by atoms with E-state index in [9.17, 15) is 9.90 Å². The summed E-state index contributed by atoms with van der Waals surface area (Å²) in [5.74, 6) is 0.268. The summed E-state index contributed by atoms with van der Waals surface area (Å²) in [6, 6.07) is 10.6. The smallest absolute Gasteiger partial charge is 0.222 e. The number of hydrogen-bond acceptors (Lipinski definition) is 2. The van der Waals surface area contributed by atoms with Crippen LogP contribution >= 0.6 is 0 Å². The van der Waals surface area contributed by atoms with Crippen LogP contribution in [0, 0.1) is 0 Å². The summed E-state index contributed by atoms with van der Waals surface area (Å²) < 4.78 is 0. The molecular formula is C18H27NO2. The number of unbranched alkanes of at least 4 members (excludes halogenated alkanes) is 3. The van der Waals surface area contributed by atoms with Crippen molar-refractivity contribution in [3.63, 3.8) is 0 Å². The minimum Gasteiger partial charge on any atom is -0.393 e. The van der Waals surface area contributed by atoms with Crippen LogP contribution in [0.5, 0.6) is 0 Å². The van der Waals surface area contributed by atoms with E-state index < -0.39 is 0 Å². The molecule has 0 aliphatic carbocycles. The molecule has 1 aromatic rings. The highest BCUT2D eigenvalue weighted by Gasteiger charge is 2.20. The molecule has 21 heavy (non-hydrogen) atoms. The lowest BCUT2D eigenvalue weighted by Crippen LogP contribution is -2.39. The van der Waals surface area contributed by atoms with Gasteiger partial charge in [-0.1, -0.05) is 43.2 Å². The minimum atomic E-state index is -0.202. The third-order valence-corrected chi connectivity index (χ3v) is 4.27. The Morgan fingerprint density at radius 2 is 1.71 bits per heavy atom. The summed E-state index contributed by atoms with van der Waals surface area (Å²) in [4.78, 5) is 13.9. The molecule has 0 bridgehead atoms. The molecular weight excluding hydrogens is 262 g/mol. The highest BCUT2D eigenvalue weighted by Crippen LogP contribution is 2.13. The van der Waals surface area contributed by atoms with Crippen molar-refractivity contribution in [2.45, 2.75) is 57.5 Å². The summed E-state index contributed by atoms with van der Waals surface area (Å²) in [5.41, 5.74) is 1.40. The molecule has 0 radical (unpaired) electrons. The topological polar surface area (TPSA) is 40.5 Å². The van der Waals surface area contributed by atoms with Crippen LogP contribution in [0.25, 0.3) is 0 Å². The normalized spacial score (nSPS) is 16.1. The third-order valence-electron chi connectivity index (χ3n) is 4.27. The first-order valence-electron chi connectivity index (χ1n) is 8.25. The Bertz CT molecular complexity index is 410. The molecule has 0 aromatic heterocycles. The monoisotopic (exact) mass is 289 g/mol. The fourth-order valence-electron chi connectivity index (χ4n) is 2.88. The van der Waals surface area contributed by atoms with Crippen LogP contribution in [0.1, 0.15) is 50.5 Å². The number of hydrogen-bond donors (Lipinski definition) is 1. The van der Waals surface area contributed by atoms with Gasteiger partial charge in [-0.25, -0.2) is 0 Å². The van der Waals surface area contributed by atoms with Crippen LogP contribution in [0.2, 0.25) is 0 Å². The van der Waals surface area contributed by atoms with Gasteiger partial charge in [0.1, 0.15) is 0 Å². The van der Waals surface area contributed by atoms with Gasteiger partial charge in [-0.2, -0.15) is 0 Å². The average Bonchev–Trinajstić information content (AvgIpc) is 2.52. The third kappa shape index (κ3) is 5.88. The number of aryl methyl sites for hydroxylation is 1. The molecule has 1 aliphatic heterocycles. The second-order valence-corrected chi connectivity index (χ2v) is 6.01. The molecule has 3 heteroatoms. The van der Waals surface area contributed by atoms with Crippen molar-refractivity contribution in [2.24, 2.45) is 0 Å². The van der Waals surface area contributed by atoms with E-state index in [0.29, 0.717) is 6.42 Å². The van der Waals surface area contributed by atoms with Gasteiger partial charge in [0.05, 0.1) is 6.10 Å². The predicted octanol–water partition coefficient (Wildman–Crippen LogP) is 3.16. The van der Waals surface area contributed by atoms with Crippen molar-refractivity contribution in [3.8, 4) is 0 Å². The van der Waals surface area contributed by atoms with E-state index in [1.54, 1.807) is 0 Å². The van der Waals surface area contributed by atoms with Gasteiger partial charge in [-0.05, 0) is 37.7 Å². The molecule has 0 saturated carbocycles. The number of nitrogens with zero attached hydrogens (tertiary/aromatic N) is 1. The van der Waals surface area contributed by atoms with E-state index >= 15 is 0 Å². The molecule has 1 amide bonds. The van der Waals surface area contributed by atoms with E-state index in [4.69, 9.17) is 0 Å². The largest absolute Gasteiger partial charge is 0.393 e. The number of rotatable bonds is 7. The molecule has 116 valence electrons. The maximum absolute atomic E-state index is 12.0. The molecule has 2 rings (SSSR count). The molecule has 1 aromatic carbocycles. The van der Waals surface area contributed by atoms with Gasteiger partial charge in [-0.15, -0.1) is 0 Å². The Kier molecular flexibility index (Phi) is 6.74. The van der Waals surface area contributed by atoms with Crippen LogP contribution in [-0.2, 0) is 11.2 Å². The van der Waals surface area contributed by atoms with Crippen molar-refractivity contribution >= 4 is 5.91 Å². The highest BCUT2D eigenvalue weighted by molar-refractivity contribution is 5.76. The molecule has 1 N–H and O–H groups in total. The molecule has 0 atom stereocenters. The zero-order valence-corrected chi connectivity index (χ0v) is 12.8. The number of aliphatic hydroxyl groups excluding tert-OH is 1. The summed E-state index contributed by atoms with van der Waals surface area (Å²) in [5, 5.41) is 9.44. The predicted molar refractivity (Wildman–Crippen MR) is 85.1 cm³/mol. The summed E-state index contributed by atoms with van der Waals surface area (Å²) >= 11 is 0. The van der Waals surface area contributed by atoms with Crippen molar-refractivity contribution in [1.82, 2.24) is 4.90 Å². The maximum atomic E-state index is 12.0. The zero-order chi connectivity index (χ0) is 14.9. The van der Waals surface area contributed by atoms with Gasteiger partial charge in [-0.3, -0.25) is 4.79 Å². The number of carbonyl (C=O) groups excluding carboxylic acids is 1. The number of likely N-dealkylation sites (tertiary alicyclic amines) is 1. The number of amides is 1. The van der Waals surface area contributed by atoms with Crippen molar-refractivity contribution < 1.29 is 9.90 Å². The van der Waals surface area contributed by atoms with Gasteiger partial charge in [0.15, 0.2) is 0 Å². The molecule has 1 aliphatic rings. The summed E-state index contributed by atoms with van der Waals surface area (Å²) in [6.07, 6.45) is 7.61. The minimum absolute atomic E-state index is 0.202. The Balaban J connectivity index is 1.50. The van der Waals surface area contributed by atoms with Crippen LogP contribution in [0.4, 0.5) is 0 Å². The molecule has 1 heterocycles. The van der Waals surface area contributed by atoms with Crippen LogP contribution < -0.4 is 0 Å². The first-order chi connectivity index (χ1) is 10.3. The Morgan fingerprint density at radius 1 is 1.05 bits per heavy atom. The highest BCUT2D eigenvalue weighted by atomic mass is 16.3. The van der Waals surface area contributed by atoms with Gasteiger partial charge in [0.25, 0.3) is 0 Å². The van der Waals surface area contributed by atoms with Crippen LogP contribution in [0.3, 0.4) is 0 Å². The number of benzene rings is 1. The van der Waals surface area contributed by atoms with Gasteiger partial charge in [0.2, 0.25) is 5.91 Å². The van der Waals surface area contributed by atoms with Crippen molar-refractivity contribution in [2.75, 3.05) is 13.1 Å². The number of piperidine rings is 1. The van der Waals surface area contributed by atoms with Gasteiger partial charge in [0, 0.05) is 19.5 Å². The van der Waals surface area contributed by atoms with Gasteiger partial charge >= 0.3 is 0 Å². The average molecular weight is 289 g/mol. The second kappa shape index (κ2) is 8.83. The van der Waals surface area contributed by atoms with Gasteiger partial charge < -0.3 is 10.0 Å². The maximum Gasteiger partial charge on any atom is 0.222 e. The Labute approximate surface area is 128 Å². The Morgan fingerprint density at radius 3 is 2.43 bits per heavy atom. The first-order valence-corrected chi connectivity index (χ1v) is 8.25. The molecule has 1 saturated heterocycles. The second-order valence-electron chi connectivity index (χ2n) is 6.01. The molecule has 1 fully saturated rings. The quantitative estimate of drug-likeness (QED) is 0.783. The number of carbonyl (C=O) groups is 1. The summed E-state index contributed by atoms with van der Waals surface area (Å²) in [6.45, 7) is 1.46. The lowest BCUT2D eigenvalue weighted by Gasteiger charge is -2.29. The SMILES string of the molecule is O=C(CCCCCCc1ccccc1)N1CCC(O)CC1. The van der Waals surface area contributed by atoms with Crippen molar-refractivity contribution in [1.29, 1.82) is 0 Å². The molecule has 3 nitrogen and oxygen atoms in total. The lowest BCUT2D eigenvalue weighted by atomic mass is 10.0. The fraction of sp³-hybridized carbons (Fsp3) is 0.611. The van der Waals surface area contributed by atoms with E-state index in [1.807, 2.05) is 4.90 Å². The van der Waals surface area contributed by atoms with E-state index in [2.05, 4.69) is 30.3 Å². The first kappa shape index (κ1) is 16.0. The van der Waals surface area contributed by atoms with Crippen LogP contribution in [-0.4, -0.2) is 35.1 Å².